The summed E-state index contributed by atoms with van der Waals surface area (Å²) in [6.07, 6.45) is 2.91. The molecule has 1 heterocycles. The SMILES string of the molecule is CCC(C)C(C)NC(c1ccccc1)c1ccco1. The van der Waals surface area contributed by atoms with Crippen molar-refractivity contribution in [2.24, 2.45) is 5.92 Å². The summed E-state index contributed by atoms with van der Waals surface area (Å²) in [5.41, 5.74) is 1.24. The van der Waals surface area contributed by atoms with Crippen molar-refractivity contribution in [3.63, 3.8) is 0 Å². The standard InChI is InChI=1S/C17H23NO/c1-4-13(2)14(3)18-17(16-11-8-12-19-16)15-9-6-5-7-10-15/h5-14,17-18H,4H2,1-3H3. The molecule has 3 atom stereocenters. The molecule has 2 aromatic rings. The van der Waals surface area contributed by atoms with Gasteiger partial charge >= 0.3 is 0 Å². The van der Waals surface area contributed by atoms with Gasteiger partial charge in [-0.15, -0.1) is 0 Å². The topological polar surface area (TPSA) is 25.2 Å². The van der Waals surface area contributed by atoms with Gasteiger partial charge in [0, 0.05) is 6.04 Å². The van der Waals surface area contributed by atoms with Crippen molar-refractivity contribution in [2.45, 2.75) is 39.3 Å². The highest BCUT2D eigenvalue weighted by Crippen LogP contribution is 2.24. The fourth-order valence-corrected chi connectivity index (χ4v) is 2.22. The molecule has 1 aromatic heterocycles. The Morgan fingerprint density at radius 3 is 2.37 bits per heavy atom. The molecule has 0 saturated carbocycles. The quantitative estimate of drug-likeness (QED) is 0.830. The van der Waals surface area contributed by atoms with Gasteiger partial charge in [-0.25, -0.2) is 0 Å². The summed E-state index contributed by atoms with van der Waals surface area (Å²) in [6.45, 7) is 6.75. The van der Waals surface area contributed by atoms with E-state index in [9.17, 15) is 0 Å². The van der Waals surface area contributed by atoms with Gasteiger partial charge in [0.1, 0.15) is 5.76 Å². The van der Waals surface area contributed by atoms with Crippen LogP contribution in [0.5, 0.6) is 0 Å². The molecule has 0 saturated heterocycles. The van der Waals surface area contributed by atoms with Crippen LogP contribution in [0.4, 0.5) is 0 Å². The summed E-state index contributed by atoms with van der Waals surface area (Å²) >= 11 is 0. The summed E-state index contributed by atoms with van der Waals surface area (Å²) in [7, 11) is 0. The van der Waals surface area contributed by atoms with Crippen molar-refractivity contribution in [3.8, 4) is 0 Å². The van der Waals surface area contributed by atoms with Gasteiger partial charge in [0.05, 0.1) is 12.3 Å². The van der Waals surface area contributed by atoms with Crippen molar-refractivity contribution in [2.75, 3.05) is 0 Å². The van der Waals surface area contributed by atoms with E-state index in [1.807, 2.05) is 18.2 Å². The van der Waals surface area contributed by atoms with Crippen LogP contribution in [-0.2, 0) is 0 Å². The highest BCUT2D eigenvalue weighted by atomic mass is 16.3. The average Bonchev–Trinajstić information content (AvgIpc) is 2.98. The Labute approximate surface area is 115 Å². The Hall–Kier alpha value is -1.54. The Morgan fingerprint density at radius 1 is 1.05 bits per heavy atom. The van der Waals surface area contributed by atoms with Crippen LogP contribution in [0.3, 0.4) is 0 Å². The minimum Gasteiger partial charge on any atom is -0.467 e. The van der Waals surface area contributed by atoms with Crippen LogP contribution < -0.4 is 5.32 Å². The van der Waals surface area contributed by atoms with E-state index in [1.54, 1.807) is 6.26 Å². The molecule has 0 radical (unpaired) electrons. The molecule has 1 N–H and O–H groups in total. The molecule has 102 valence electrons. The van der Waals surface area contributed by atoms with Crippen LogP contribution >= 0.6 is 0 Å². The van der Waals surface area contributed by atoms with Crippen LogP contribution in [-0.4, -0.2) is 6.04 Å². The predicted octanol–water partition coefficient (Wildman–Crippen LogP) is 4.39. The fraction of sp³-hybridized carbons (Fsp3) is 0.412. The van der Waals surface area contributed by atoms with E-state index in [0.29, 0.717) is 12.0 Å². The number of hydrogen-bond acceptors (Lipinski definition) is 2. The smallest absolute Gasteiger partial charge is 0.125 e. The number of furan rings is 1. The Bertz CT molecular complexity index is 463. The molecule has 0 bridgehead atoms. The lowest BCUT2D eigenvalue weighted by molar-refractivity contribution is 0.343. The molecular formula is C17H23NO. The van der Waals surface area contributed by atoms with Crippen molar-refractivity contribution >= 4 is 0 Å². The van der Waals surface area contributed by atoms with Gasteiger partial charge in [0.25, 0.3) is 0 Å². The van der Waals surface area contributed by atoms with Crippen molar-refractivity contribution < 1.29 is 4.42 Å². The first-order chi connectivity index (χ1) is 9.22. The Kier molecular flexibility index (Phi) is 4.80. The molecular weight excluding hydrogens is 234 g/mol. The van der Waals surface area contributed by atoms with E-state index in [0.717, 1.165) is 5.76 Å². The molecule has 2 rings (SSSR count). The number of hydrogen-bond donors (Lipinski definition) is 1. The van der Waals surface area contributed by atoms with Gasteiger partial charge in [-0.05, 0) is 30.5 Å². The lowest BCUT2D eigenvalue weighted by Crippen LogP contribution is -2.35. The highest BCUT2D eigenvalue weighted by molar-refractivity contribution is 5.26. The third kappa shape index (κ3) is 3.48. The summed E-state index contributed by atoms with van der Waals surface area (Å²) in [6, 6.07) is 15.0. The molecule has 0 spiro atoms. The minimum absolute atomic E-state index is 0.125. The van der Waals surface area contributed by atoms with E-state index in [1.165, 1.54) is 12.0 Å². The molecule has 2 nitrogen and oxygen atoms in total. The second kappa shape index (κ2) is 6.58. The zero-order valence-corrected chi connectivity index (χ0v) is 12.0. The molecule has 0 aliphatic rings. The first kappa shape index (κ1) is 13.9. The summed E-state index contributed by atoms with van der Waals surface area (Å²) in [5.74, 6) is 1.61. The molecule has 0 amide bonds. The second-order valence-electron chi connectivity index (χ2n) is 5.20. The third-order valence-corrected chi connectivity index (χ3v) is 3.89. The maximum atomic E-state index is 5.60. The van der Waals surface area contributed by atoms with Gasteiger partial charge in [-0.3, -0.25) is 0 Å². The molecule has 19 heavy (non-hydrogen) atoms. The van der Waals surface area contributed by atoms with Gasteiger partial charge < -0.3 is 9.73 Å². The lowest BCUT2D eigenvalue weighted by atomic mass is 9.97. The van der Waals surface area contributed by atoms with Crippen molar-refractivity contribution in [3.05, 3.63) is 60.1 Å². The third-order valence-electron chi connectivity index (χ3n) is 3.89. The zero-order chi connectivity index (χ0) is 13.7. The molecule has 0 aliphatic carbocycles. The Balaban J connectivity index is 2.21. The average molecular weight is 257 g/mol. The van der Waals surface area contributed by atoms with E-state index >= 15 is 0 Å². The zero-order valence-electron chi connectivity index (χ0n) is 12.0. The van der Waals surface area contributed by atoms with Crippen LogP contribution in [0.25, 0.3) is 0 Å². The summed E-state index contributed by atoms with van der Waals surface area (Å²) < 4.78 is 5.60. The maximum absolute atomic E-state index is 5.60. The van der Waals surface area contributed by atoms with Gasteiger partial charge in [-0.2, -0.15) is 0 Å². The van der Waals surface area contributed by atoms with Crippen LogP contribution in [0, 0.1) is 5.92 Å². The molecule has 1 aromatic carbocycles. The fourth-order valence-electron chi connectivity index (χ4n) is 2.22. The maximum Gasteiger partial charge on any atom is 0.125 e. The van der Waals surface area contributed by atoms with E-state index < -0.39 is 0 Å². The monoisotopic (exact) mass is 257 g/mol. The summed E-state index contributed by atoms with van der Waals surface area (Å²) in [5, 5.41) is 3.69. The normalized spacial score (nSPS) is 15.9. The molecule has 3 unspecified atom stereocenters. The predicted molar refractivity (Wildman–Crippen MR) is 79.0 cm³/mol. The van der Waals surface area contributed by atoms with E-state index in [2.05, 4.69) is 50.4 Å². The van der Waals surface area contributed by atoms with Crippen LogP contribution in [0.2, 0.25) is 0 Å². The highest BCUT2D eigenvalue weighted by Gasteiger charge is 2.20. The lowest BCUT2D eigenvalue weighted by Gasteiger charge is -2.26. The van der Waals surface area contributed by atoms with Gasteiger partial charge in [0.2, 0.25) is 0 Å². The number of nitrogens with one attached hydrogen (secondary N) is 1. The van der Waals surface area contributed by atoms with E-state index in [4.69, 9.17) is 4.42 Å². The number of rotatable bonds is 6. The summed E-state index contributed by atoms with van der Waals surface area (Å²) in [4.78, 5) is 0. The first-order valence-electron chi connectivity index (χ1n) is 7.06. The van der Waals surface area contributed by atoms with Crippen LogP contribution in [0.15, 0.2) is 53.1 Å². The molecule has 2 heteroatoms. The minimum atomic E-state index is 0.125. The number of benzene rings is 1. The van der Waals surface area contributed by atoms with Crippen LogP contribution in [0.1, 0.15) is 44.6 Å². The van der Waals surface area contributed by atoms with Gasteiger partial charge in [0.15, 0.2) is 0 Å². The molecule has 0 fully saturated rings. The van der Waals surface area contributed by atoms with Crippen molar-refractivity contribution in [1.29, 1.82) is 0 Å². The molecule has 0 aliphatic heterocycles. The van der Waals surface area contributed by atoms with Gasteiger partial charge in [-0.1, -0.05) is 50.6 Å². The second-order valence-corrected chi connectivity index (χ2v) is 5.20. The Morgan fingerprint density at radius 2 is 1.79 bits per heavy atom. The largest absolute Gasteiger partial charge is 0.467 e. The first-order valence-corrected chi connectivity index (χ1v) is 7.06. The van der Waals surface area contributed by atoms with Crippen molar-refractivity contribution in [1.82, 2.24) is 5.32 Å². The van der Waals surface area contributed by atoms with E-state index in [-0.39, 0.29) is 6.04 Å².